The molecule has 1 saturated carbocycles. The number of carboxylic acid groups (broad SMARTS) is 1. The van der Waals surface area contributed by atoms with Crippen LogP contribution < -0.4 is 0 Å². The van der Waals surface area contributed by atoms with Gasteiger partial charge in [0.05, 0.1) is 5.92 Å². The molecule has 0 aliphatic heterocycles. The van der Waals surface area contributed by atoms with E-state index in [1.54, 1.807) is 6.92 Å². The first-order chi connectivity index (χ1) is 8.06. The Morgan fingerprint density at radius 2 is 2.24 bits per heavy atom. The Morgan fingerprint density at radius 1 is 1.47 bits per heavy atom. The van der Waals surface area contributed by atoms with Gasteiger partial charge in [0.1, 0.15) is 0 Å². The fourth-order valence-corrected chi connectivity index (χ4v) is 3.55. The maximum Gasteiger partial charge on any atom is 0.307 e. The van der Waals surface area contributed by atoms with Gasteiger partial charge in [-0.05, 0) is 25.2 Å². The molecule has 17 heavy (non-hydrogen) atoms. The predicted molar refractivity (Wildman–Crippen MR) is 62.8 cm³/mol. The van der Waals surface area contributed by atoms with E-state index in [-0.39, 0.29) is 11.2 Å². The number of carbonyl (C=O) groups is 1. The predicted octanol–water partition coefficient (Wildman–Crippen LogP) is 2.36. The van der Waals surface area contributed by atoms with Crippen molar-refractivity contribution in [2.24, 2.45) is 11.8 Å². The summed E-state index contributed by atoms with van der Waals surface area (Å²) in [7, 11) is 0. The normalized spacial score (nSPS) is 29.2. The molecule has 5 nitrogen and oxygen atoms in total. The number of hydrogen-bond donors (Lipinski definition) is 1. The molecule has 0 aromatic carbocycles. The molecule has 1 N–H and O–H groups in total. The molecule has 94 valence electrons. The van der Waals surface area contributed by atoms with Gasteiger partial charge in [0.15, 0.2) is 0 Å². The minimum absolute atomic E-state index is 0.0381. The van der Waals surface area contributed by atoms with Gasteiger partial charge in [0.2, 0.25) is 5.89 Å². The maximum absolute atomic E-state index is 11.2. The van der Waals surface area contributed by atoms with Crippen LogP contribution in [0.15, 0.2) is 9.64 Å². The van der Waals surface area contributed by atoms with Crippen molar-refractivity contribution >= 4 is 17.7 Å². The first-order valence-corrected chi connectivity index (χ1v) is 6.64. The van der Waals surface area contributed by atoms with E-state index in [1.807, 2.05) is 0 Å². The summed E-state index contributed by atoms with van der Waals surface area (Å²) >= 11 is 1.40. The molecule has 1 heterocycles. The summed E-state index contributed by atoms with van der Waals surface area (Å²) in [5.74, 6) is 0.0596. The molecule has 0 saturated heterocycles. The second kappa shape index (κ2) is 5.08. The second-order valence-electron chi connectivity index (χ2n) is 4.61. The third-order valence-electron chi connectivity index (χ3n) is 3.13. The van der Waals surface area contributed by atoms with E-state index in [4.69, 9.17) is 4.42 Å². The molecule has 0 bridgehead atoms. The van der Waals surface area contributed by atoms with Crippen LogP contribution in [0.1, 0.15) is 32.1 Å². The van der Waals surface area contributed by atoms with Crippen molar-refractivity contribution < 1.29 is 14.3 Å². The molecule has 1 aromatic rings. The van der Waals surface area contributed by atoms with Crippen LogP contribution in [0.3, 0.4) is 0 Å². The van der Waals surface area contributed by atoms with E-state index in [9.17, 15) is 9.90 Å². The summed E-state index contributed by atoms with van der Waals surface area (Å²) in [6, 6.07) is 0. The number of aliphatic carboxylic acids is 1. The number of hydrogen-bond acceptors (Lipinski definition) is 5. The molecule has 0 radical (unpaired) electrons. The monoisotopic (exact) mass is 256 g/mol. The number of rotatable bonds is 3. The fourth-order valence-electron chi connectivity index (χ4n) is 2.20. The Balaban J connectivity index is 2.07. The average Bonchev–Trinajstić information content (AvgIpc) is 2.63. The van der Waals surface area contributed by atoms with Crippen molar-refractivity contribution in [2.75, 3.05) is 0 Å². The van der Waals surface area contributed by atoms with Crippen LogP contribution in [0.2, 0.25) is 0 Å². The zero-order valence-corrected chi connectivity index (χ0v) is 10.7. The Morgan fingerprint density at radius 3 is 2.82 bits per heavy atom. The third kappa shape index (κ3) is 3.00. The highest BCUT2D eigenvalue weighted by atomic mass is 32.2. The van der Waals surface area contributed by atoms with Crippen LogP contribution in [-0.2, 0) is 4.79 Å². The van der Waals surface area contributed by atoms with Gasteiger partial charge in [0.25, 0.3) is 5.22 Å². The smallest absolute Gasteiger partial charge is 0.307 e. The second-order valence-corrected chi connectivity index (χ2v) is 5.80. The van der Waals surface area contributed by atoms with E-state index < -0.39 is 5.97 Å². The number of thioether (sulfide) groups is 1. The number of carboxylic acids is 1. The van der Waals surface area contributed by atoms with Crippen molar-refractivity contribution in [3.8, 4) is 0 Å². The summed E-state index contributed by atoms with van der Waals surface area (Å²) < 4.78 is 5.30. The third-order valence-corrected chi connectivity index (χ3v) is 4.32. The van der Waals surface area contributed by atoms with Crippen molar-refractivity contribution in [3.63, 3.8) is 0 Å². The largest absolute Gasteiger partial charge is 0.481 e. The highest BCUT2D eigenvalue weighted by Crippen LogP contribution is 2.39. The molecule has 2 rings (SSSR count). The topological polar surface area (TPSA) is 76.2 Å². The van der Waals surface area contributed by atoms with E-state index in [0.717, 1.165) is 19.3 Å². The van der Waals surface area contributed by atoms with Crippen molar-refractivity contribution in [1.82, 2.24) is 10.2 Å². The first-order valence-electron chi connectivity index (χ1n) is 5.76. The zero-order valence-electron chi connectivity index (χ0n) is 9.92. The van der Waals surface area contributed by atoms with Crippen molar-refractivity contribution in [1.29, 1.82) is 0 Å². The molecule has 1 fully saturated rings. The number of aryl methyl sites for hydroxylation is 1. The van der Waals surface area contributed by atoms with E-state index >= 15 is 0 Å². The van der Waals surface area contributed by atoms with Gasteiger partial charge in [0, 0.05) is 12.2 Å². The Bertz CT molecular complexity index is 407. The molecule has 1 aliphatic carbocycles. The molecule has 3 atom stereocenters. The maximum atomic E-state index is 11.2. The van der Waals surface area contributed by atoms with E-state index in [2.05, 4.69) is 17.1 Å². The van der Waals surface area contributed by atoms with Crippen LogP contribution in [0.25, 0.3) is 0 Å². The summed E-state index contributed by atoms with van der Waals surface area (Å²) in [4.78, 5) is 11.2. The van der Waals surface area contributed by atoms with Crippen LogP contribution >= 0.6 is 11.8 Å². The van der Waals surface area contributed by atoms with E-state index in [0.29, 0.717) is 17.0 Å². The Kier molecular flexibility index (Phi) is 3.71. The van der Waals surface area contributed by atoms with Crippen LogP contribution in [0, 0.1) is 18.8 Å². The highest BCUT2D eigenvalue weighted by Gasteiger charge is 2.35. The van der Waals surface area contributed by atoms with Crippen LogP contribution in [0.5, 0.6) is 0 Å². The van der Waals surface area contributed by atoms with Gasteiger partial charge in [-0.25, -0.2) is 0 Å². The lowest BCUT2D eigenvalue weighted by molar-refractivity contribution is -0.142. The molecule has 3 unspecified atom stereocenters. The molecule has 1 aromatic heterocycles. The van der Waals surface area contributed by atoms with E-state index in [1.165, 1.54) is 11.8 Å². The summed E-state index contributed by atoms with van der Waals surface area (Å²) in [5.41, 5.74) is 0. The number of aromatic nitrogens is 2. The lowest BCUT2D eigenvalue weighted by Gasteiger charge is -2.30. The molecule has 1 aliphatic rings. The van der Waals surface area contributed by atoms with Crippen molar-refractivity contribution in [2.45, 2.75) is 43.6 Å². The summed E-state index contributed by atoms with van der Waals surface area (Å²) in [6.07, 6.45) is 2.61. The molecule has 0 amide bonds. The molecule has 6 heteroatoms. The summed E-state index contributed by atoms with van der Waals surface area (Å²) in [6.45, 7) is 3.89. The quantitative estimate of drug-likeness (QED) is 0.894. The molecule has 0 spiro atoms. The van der Waals surface area contributed by atoms with Gasteiger partial charge >= 0.3 is 5.97 Å². The zero-order chi connectivity index (χ0) is 12.4. The van der Waals surface area contributed by atoms with Gasteiger partial charge < -0.3 is 9.52 Å². The van der Waals surface area contributed by atoms with Gasteiger partial charge in [-0.15, -0.1) is 10.2 Å². The minimum atomic E-state index is -0.717. The van der Waals surface area contributed by atoms with Gasteiger partial charge in [-0.3, -0.25) is 4.79 Å². The molecular formula is C11H16N2O3S. The lowest BCUT2D eigenvalue weighted by Crippen LogP contribution is -2.32. The highest BCUT2D eigenvalue weighted by molar-refractivity contribution is 7.99. The first kappa shape index (κ1) is 12.4. The minimum Gasteiger partial charge on any atom is -0.481 e. The van der Waals surface area contributed by atoms with Gasteiger partial charge in [-0.2, -0.15) is 0 Å². The average molecular weight is 256 g/mol. The van der Waals surface area contributed by atoms with Crippen LogP contribution in [-0.4, -0.2) is 26.5 Å². The van der Waals surface area contributed by atoms with Crippen molar-refractivity contribution in [3.05, 3.63) is 5.89 Å². The van der Waals surface area contributed by atoms with Gasteiger partial charge in [-0.1, -0.05) is 18.7 Å². The number of nitrogens with zero attached hydrogens (tertiary/aromatic N) is 2. The fraction of sp³-hybridized carbons (Fsp3) is 0.727. The SMILES string of the molecule is Cc1nnc(SC2CC(C)CCC2C(=O)O)o1. The lowest BCUT2D eigenvalue weighted by atomic mass is 9.82. The van der Waals surface area contributed by atoms with Crippen LogP contribution in [0.4, 0.5) is 0 Å². The molecular weight excluding hydrogens is 240 g/mol. The Hall–Kier alpha value is -1.04. The summed E-state index contributed by atoms with van der Waals surface area (Å²) in [5, 5.41) is 17.4. The standard InChI is InChI=1S/C11H16N2O3S/c1-6-3-4-8(10(14)15)9(5-6)17-11-13-12-7(2)16-11/h6,8-9H,3-5H2,1-2H3,(H,14,15). The Labute approximate surface area is 104 Å².